The monoisotopic (exact) mass is 196 g/mol. The number of carbonyl (C=O) groups is 2. The van der Waals surface area contributed by atoms with Gasteiger partial charge in [-0.3, -0.25) is 9.59 Å². The minimum Gasteiger partial charge on any atom is -0.504 e. The zero-order valence-corrected chi connectivity index (χ0v) is 8.07. The fourth-order valence-electron chi connectivity index (χ4n) is 1.27. The van der Waals surface area contributed by atoms with Gasteiger partial charge in [0.05, 0.1) is 0 Å². The molecule has 0 radical (unpaired) electrons. The number of hydrogen-bond acceptors (Lipinski definition) is 4. The van der Waals surface area contributed by atoms with Gasteiger partial charge in [0.1, 0.15) is 0 Å². The molecule has 1 aliphatic rings. The normalized spacial score (nSPS) is 17.8. The summed E-state index contributed by atoms with van der Waals surface area (Å²) in [5.41, 5.74) is 0.00463. The average molecular weight is 196 g/mol. The zero-order chi connectivity index (χ0) is 10.9. The third-order valence-electron chi connectivity index (χ3n) is 1.91. The third-order valence-corrected chi connectivity index (χ3v) is 1.91. The largest absolute Gasteiger partial charge is 0.504 e. The minimum atomic E-state index is -0.710. The van der Waals surface area contributed by atoms with Gasteiger partial charge in [-0.1, -0.05) is 13.8 Å². The molecule has 0 aliphatic heterocycles. The predicted molar refractivity (Wildman–Crippen MR) is 49.8 cm³/mol. The zero-order valence-electron chi connectivity index (χ0n) is 8.07. The van der Waals surface area contributed by atoms with Crippen LogP contribution < -0.4 is 0 Å². The van der Waals surface area contributed by atoms with E-state index in [2.05, 4.69) is 0 Å². The molecule has 0 saturated carbocycles. The van der Waals surface area contributed by atoms with Crippen LogP contribution in [0, 0.1) is 5.92 Å². The molecule has 0 atom stereocenters. The molecule has 76 valence electrons. The summed E-state index contributed by atoms with van der Waals surface area (Å²) >= 11 is 0. The molecule has 2 N–H and O–H groups in total. The van der Waals surface area contributed by atoms with Crippen molar-refractivity contribution in [1.29, 1.82) is 0 Å². The van der Waals surface area contributed by atoms with Crippen molar-refractivity contribution >= 4 is 11.6 Å². The molecule has 4 heteroatoms. The first-order valence-corrected chi connectivity index (χ1v) is 4.35. The summed E-state index contributed by atoms with van der Waals surface area (Å²) in [7, 11) is 0. The summed E-state index contributed by atoms with van der Waals surface area (Å²) in [4.78, 5) is 22.4. The van der Waals surface area contributed by atoms with E-state index in [4.69, 9.17) is 5.11 Å². The average Bonchev–Trinajstić information content (AvgIpc) is 2.09. The second kappa shape index (κ2) is 3.65. The van der Waals surface area contributed by atoms with Crippen LogP contribution in [0.4, 0.5) is 0 Å². The molecular formula is C10H12O4. The first-order valence-electron chi connectivity index (χ1n) is 4.35. The van der Waals surface area contributed by atoms with Crippen molar-refractivity contribution in [3.05, 3.63) is 23.2 Å². The highest BCUT2D eigenvalue weighted by Crippen LogP contribution is 2.22. The van der Waals surface area contributed by atoms with Crippen molar-refractivity contribution < 1.29 is 19.8 Å². The Balaban J connectivity index is 3.05. The van der Waals surface area contributed by atoms with Crippen LogP contribution in [0.15, 0.2) is 23.2 Å². The van der Waals surface area contributed by atoms with E-state index >= 15 is 0 Å². The van der Waals surface area contributed by atoms with Crippen molar-refractivity contribution in [1.82, 2.24) is 0 Å². The number of Topliss-reactive ketones (excluding diaryl/α,β-unsaturated/α-hetero) is 1. The van der Waals surface area contributed by atoms with Gasteiger partial charge in [-0.25, -0.2) is 0 Å². The molecule has 1 aliphatic carbocycles. The summed E-state index contributed by atoms with van der Waals surface area (Å²) < 4.78 is 0. The van der Waals surface area contributed by atoms with Gasteiger partial charge in [-0.2, -0.15) is 0 Å². The van der Waals surface area contributed by atoms with Crippen LogP contribution in [0.5, 0.6) is 0 Å². The van der Waals surface area contributed by atoms with Gasteiger partial charge < -0.3 is 10.2 Å². The van der Waals surface area contributed by atoms with Crippen LogP contribution in [-0.2, 0) is 9.59 Å². The maximum absolute atomic E-state index is 11.3. The van der Waals surface area contributed by atoms with E-state index in [0.29, 0.717) is 0 Å². The molecule has 4 nitrogen and oxygen atoms in total. The van der Waals surface area contributed by atoms with Crippen molar-refractivity contribution in [2.45, 2.75) is 20.3 Å². The second-order valence-electron chi connectivity index (χ2n) is 3.65. The summed E-state index contributed by atoms with van der Waals surface area (Å²) in [6, 6.07) is 0. The van der Waals surface area contributed by atoms with Crippen LogP contribution >= 0.6 is 0 Å². The molecule has 0 fully saturated rings. The van der Waals surface area contributed by atoms with E-state index in [1.165, 1.54) is 0 Å². The van der Waals surface area contributed by atoms with Gasteiger partial charge in [-0.05, 0) is 12.3 Å². The lowest BCUT2D eigenvalue weighted by molar-refractivity contribution is -0.119. The summed E-state index contributed by atoms with van der Waals surface area (Å²) in [6.45, 7) is 3.71. The third kappa shape index (κ3) is 1.84. The Labute approximate surface area is 81.6 Å². The minimum absolute atomic E-state index is 0.00463. The topological polar surface area (TPSA) is 74.6 Å². The molecule has 0 amide bonds. The number of allylic oxidation sites excluding steroid dienone is 2. The van der Waals surface area contributed by atoms with Crippen molar-refractivity contribution in [2.75, 3.05) is 0 Å². The van der Waals surface area contributed by atoms with Gasteiger partial charge in [0, 0.05) is 11.6 Å². The summed E-state index contributed by atoms with van der Waals surface area (Å²) in [6.07, 6.45) is 1.02. The lowest BCUT2D eigenvalue weighted by atomic mass is 9.92. The molecule has 0 saturated heterocycles. The summed E-state index contributed by atoms with van der Waals surface area (Å²) in [5.74, 6) is -2.37. The van der Waals surface area contributed by atoms with Gasteiger partial charge in [-0.15, -0.1) is 0 Å². The standard InChI is InChI=1S/C10H12O4/c1-5(2)3-6-9(13)7(11)4-8(12)10(6)14/h4-5,11,14H,3H2,1-2H3. The highest BCUT2D eigenvalue weighted by atomic mass is 16.3. The Bertz CT molecular complexity index is 347. The van der Waals surface area contributed by atoms with Gasteiger partial charge in [0.15, 0.2) is 11.5 Å². The van der Waals surface area contributed by atoms with Crippen LogP contribution in [0.2, 0.25) is 0 Å². The highest BCUT2D eigenvalue weighted by molar-refractivity contribution is 6.20. The number of ketones is 2. The lowest BCUT2D eigenvalue weighted by Crippen LogP contribution is -2.20. The smallest absolute Gasteiger partial charge is 0.227 e. The number of aliphatic hydroxyl groups excluding tert-OH is 2. The van der Waals surface area contributed by atoms with E-state index in [1.54, 1.807) is 0 Å². The molecule has 0 aromatic carbocycles. The van der Waals surface area contributed by atoms with E-state index in [9.17, 15) is 14.7 Å². The van der Waals surface area contributed by atoms with E-state index in [0.717, 1.165) is 6.08 Å². The molecule has 0 bridgehead atoms. The van der Waals surface area contributed by atoms with E-state index in [1.807, 2.05) is 13.8 Å². The Kier molecular flexibility index (Phi) is 2.74. The molecule has 0 spiro atoms. The quantitative estimate of drug-likeness (QED) is 0.655. The maximum Gasteiger partial charge on any atom is 0.227 e. The molecule has 0 aromatic rings. The molecular weight excluding hydrogens is 184 g/mol. The SMILES string of the molecule is CC(C)CC1=C(O)C(=O)C=C(O)C1=O. The summed E-state index contributed by atoms with van der Waals surface area (Å²) in [5, 5.41) is 18.4. The van der Waals surface area contributed by atoms with E-state index in [-0.39, 0.29) is 17.9 Å². The van der Waals surface area contributed by atoms with Crippen molar-refractivity contribution in [2.24, 2.45) is 5.92 Å². The number of aliphatic hydroxyl groups is 2. The number of carbonyl (C=O) groups excluding carboxylic acids is 2. The van der Waals surface area contributed by atoms with Gasteiger partial charge in [0.2, 0.25) is 11.6 Å². The van der Waals surface area contributed by atoms with Crippen molar-refractivity contribution in [3.8, 4) is 0 Å². The van der Waals surface area contributed by atoms with Crippen LogP contribution in [0.3, 0.4) is 0 Å². The Hall–Kier alpha value is -1.58. The highest BCUT2D eigenvalue weighted by Gasteiger charge is 2.28. The molecule has 0 heterocycles. The molecule has 14 heavy (non-hydrogen) atoms. The number of hydrogen-bond donors (Lipinski definition) is 2. The Morgan fingerprint density at radius 3 is 2.36 bits per heavy atom. The number of rotatable bonds is 2. The van der Waals surface area contributed by atoms with Crippen LogP contribution in [0.25, 0.3) is 0 Å². The lowest BCUT2D eigenvalue weighted by Gasteiger charge is -2.13. The van der Waals surface area contributed by atoms with Crippen molar-refractivity contribution in [3.63, 3.8) is 0 Å². The second-order valence-corrected chi connectivity index (χ2v) is 3.65. The predicted octanol–water partition coefficient (Wildman–Crippen LogP) is 1.44. The van der Waals surface area contributed by atoms with E-state index < -0.39 is 23.1 Å². The Morgan fingerprint density at radius 1 is 1.29 bits per heavy atom. The first kappa shape index (κ1) is 10.5. The molecule has 1 rings (SSSR count). The first-order chi connectivity index (χ1) is 6.43. The van der Waals surface area contributed by atoms with Crippen LogP contribution in [0.1, 0.15) is 20.3 Å². The molecule has 0 aromatic heterocycles. The fraction of sp³-hybridized carbons (Fsp3) is 0.400. The maximum atomic E-state index is 11.3. The van der Waals surface area contributed by atoms with Crippen LogP contribution in [-0.4, -0.2) is 21.8 Å². The Morgan fingerprint density at radius 2 is 1.86 bits per heavy atom. The van der Waals surface area contributed by atoms with Gasteiger partial charge >= 0.3 is 0 Å². The fourth-order valence-corrected chi connectivity index (χ4v) is 1.27. The molecule has 0 unspecified atom stereocenters. The van der Waals surface area contributed by atoms with Gasteiger partial charge in [0.25, 0.3) is 0 Å².